The first-order chi connectivity index (χ1) is 9.49. The third-order valence-corrected chi connectivity index (χ3v) is 3.25. The fourth-order valence-electron chi connectivity index (χ4n) is 1.66. The summed E-state index contributed by atoms with van der Waals surface area (Å²) in [5.41, 5.74) is 1.08. The lowest BCUT2D eigenvalue weighted by atomic mass is 10.1. The molecule has 1 aromatic carbocycles. The Morgan fingerprint density at radius 3 is 2.80 bits per heavy atom. The number of benzene rings is 1. The number of nitro groups is 1. The molecule has 0 radical (unpaired) electrons. The molecule has 0 fully saturated rings. The van der Waals surface area contributed by atoms with Crippen LogP contribution in [0, 0.1) is 17.0 Å². The summed E-state index contributed by atoms with van der Waals surface area (Å²) in [6.45, 7) is 1.77. The molecule has 0 aliphatic heterocycles. The van der Waals surface area contributed by atoms with Crippen LogP contribution >= 0.6 is 15.9 Å². The van der Waals surface area contributed by atoms with Crippen LogP contribution in [0.15, 0.2) is 41.1 Å². The predicted octanol–water partition coefficient (Wildman–Crippen LogP) is 3.31. The minimum absolute atomic E-state index is 0.0266. The van der Waals surface area contributed by atoms with Crippen molar-refractivity contribution in [1.29, 1.82) is 0 Å². The van der Waals surface area contributed by atoms with Gasteiger partial charge in [-0.2, -0.15) is 0 Å². The van der Waals surface area contributed by atoms with Crippen LogP contribution in [0.1, 0.15) is 15.9 Å². The number of nitro benzene ring substituents is 1. The van der Waals surface area contributed by atoms with Crippen molar-refractivity contribution in [1.82, 2.24) is 4.98 Å². The number of aromatic nitrogens is 1. The normalized spacial score (nSPS) is 10.1. The Morgan fingerprint density at radius 2 is 2.15 bits per heavy atom. The number of pyridine rings is 1. The Hall–Kier alpha value is -2.28. The number of anilines is 1. The van der Waals surface area contributed by atoms with E-state index < -0.39 is 10.8 Å². The summed E-state index contributed by atoms with van der Waals surface area (Å²) in [5, 5.41) is 13.6. The SMILES string of the molecule is Cc1ccc([N+](=O)[O-])c(C(=O)Nc2ccncc2Br)c1. The van der Waals surface area contributed by atoms with E-state index >= 15 is 0 Å². The molecule has 2 aromatic rings. The lowest BCUT2D eigenvalue weighted by Gasteiger charge is -2.07. The Kier molecular flexibility index (Phi) is 4.09. The van der Waals surface area contributed by atoms with Crippen molar-refractivity contribution in [2.24, 2.45) is 0 Å². The van der Waals surface area contributed by atoms with Crippen LogP contribution in [0.5, 0.6) is 0 Å². The van der Waals surface area contributed by atoms with E-state index in [0.29, 0.717) is 10.2 Å². The molecule has 1 amide bonds. The van der Waals surface area contributed by atoms with Crippen LogP contribution in [-0.4, -0.2) is 15.8 Å². The summed E-state index contributed by atoms with van der Waals surface area (Å²) >= 11 is 3.25. The van der Waals surface area contributed by atoms with Gasteiger partial charge in [-0.1, -0.05) is 6.07 Å². The molecule has 7 heteroatoms. The van der Waals surface area contributed by atoms with Crippen molar-refractivity contribution in [2.75, 3.05) is 5.32 Å². The molecule has 0 atom stereocenters. The molecular weight excluding hydrogens is 326 g/mol. The number of hydrogen-bond donors (Lipinski definition) is 1. The topological polar surface area (TPSA) is 85.1 Å². The zero-order valence-electron chi connectivity index (χ0n) is 10.5. The van der Waals surface area contributed by atoms with Crippen molar-refractivity contribution < 1.29 is 9.72 Å². The maximum absolute atomic E-state index is 12.2. The Bertz CT molecular complexity index is 688. The Balaban J connectivity index is 2.37. The minimum Gasteiger partial charge on any atom is -0.321 e. The highest BCUT2D eigenvalue weighted by Crippen LogP contribution is 2.24. The highest BCUT2D eigenvalue weighted by molar-refractivity contribution is 9.10. The van der Waals surface area contributed by atoms with E-state index in [1.54, 1.807) is 19.1 Å². The van der Waals surface area contributed by atoms with Gasteiger partial charge in [-0.15, -0.1) is 0 Å². The highest BCUT2D eigenvalue weighted by atomic mass is 79.9. The number of rotatable bonds is 3. The molecule has 0 bridgehead atoms. The van der Waals surface area contributed by atoms with Crippen molar-refractivity contribution in [3.8, 4) is 0 Å². The zero-order valence-corrected chi connectivity index (χ0v) is 12.0. The fourth-order valence-corrected chi connectivity index (χ4v) is 2.01. The van der Waals surface area contributed by atoms with Gasteiger partial charge in [0.15, 0.2) is 0 Å². The van der Waals surface area contributed by atoms with Gasteiger partial charge in [0.1, 0.15) is 5.56 Å². The molecule has 1 aromatic heterocycles. The minimum atomic E-state index is -0.573. The van der Waals surface area contributed by atoms with Crippen LogP contribution in [0.4, 0.5) is 11.4 Å². The molecule has 1 N–H and O–H groups in total. The maximum Gasteiger partial charge on any atom is 0.282 e. The standard InChI is InChI=1S/C13H10BrN3O3/c1-8-2-3-12(17(19)20)9(6-8)13(18)16-11-4-5-15-7-10(11)14/h2-7H,1H3,(H,15,16,18). The second-order valence-corrected chi connectivity index (χ2v) is 4.94. The van der Waals surface area contributed by atoms with E-state index in [2.05, 4.69) is 26.2 Å². The van der Waals surface area contributed by atoms with E-state index in [9.17, 15) is 14.9 Å². The summed E-state index contributed by atoms with van der Waals surface area (Å²) in [5.74, 6) is -0.535. The molecule has 102 valence electrons. The molecule has 1 heterocycles. The lowest BCUT2D eigenvalue weighted by Crippen LogP contribution is -2.14. The maximum atomic E-state index is 12.2. The van der Waals surface area contributed by atoms with E-state index in [1.165, 1.54) is 24.5 Å². The Morgan fingerprint density at radius 1 is 1.40 bits per heavy atom. The van der Waals surface area contributed by atoms with E-state index in [4.69, 9.17) is 0 Å². The van der Waals surface area contributed by atoms with Gasteiger partial charge < -0.3 is 5.32 Å². The number of carbonyl (C=O) groups excluding carboxylic acids is 1. The summed E-state index contributed by atoms with van der Waals surface area (Å²) in [6.07, 6.45) is 3.05. The summed E-state index contributed by atoms with van der Waals surface area (Å²) < 4.78 is 0.601. The largest absolute Gasteiger partial charge is 0.321 e. The van der Waals surface area contributed by atoms with Gasteiger partial charge in [0, 0.05) is 18.5 Å². The molecule has 20 heavy (non-hydrogen) atoms. The van der Waals surface area contributed by atoms with Gasteiger partial charge in [0.25, 0.3) is 11.6 Å². The number of nitrogens with zero attached hydrogens (tertiary/aromatic N) is 2. The molecule has 6 nitrogen and oxygen atoms in total. The van der Waals surface area contributed by atoms with E-state index in [1.807, 2.05) is 0 Å². The smallest absolute Gasteiger partial charge is 0.282 e. The van der Waals surface area contributed by atoms with Crippen LogP contribution in [0.2, 0.25) is 0 Å². The van der Waals surface area contributed by atoms with Crippen molar-refractivity contribution in [3.05, 3.63) is 62.4 Å². The van der Waals surface area contributed by atoms with Crippen molar-refractivity contribution >= 4 is 33.2 Å². The van der Waals surface area contributed by atoms with Crippen LogP contribution in [0.3, 0.4) is 0 Å². The number of halogens is 1. The fraction of sp³-hybridized carbons (Fsp3) is 0.0769. The number of aryl methyl sites for hydroxylation is 1. The van der Waals surface area contributed by atoms with Gasteiger partial charge in [0.05, 0.1) is 15.1 Å². The molecule has 0 saturated heterocycles. The zero-order chi connectivity index (χ0) is 14.7. The van der Waals surface area contributed by atoms with Crippen molar-refractivity contribution in [2.45, 2.75) is 6.92 Å². The quantitative estimate of drug-likeness (QED) is 0.688. The van der Waals surface area contributed by atoms with Gasteiger partial charge in [-0.05, 0) is 40.5 Å². The van der Waals surface area contributed by atoms with Crippen molar-refractivity contribution in [3.63, 3.8) is 0 Å². The van der Waals surface area contributed by atoms with Crippen LogP contribution in [0.25, 0.3) is 0 Å². The number of amides is 1. The molecular formula is C13H10BrN3O3. The van der Waals surface area contributed by atoms with Crippen LogP contribution < -0.4 is 5.32 Å². The van der Waals surface area contributed by atoms with Gasteiger partial charge in [-0.25, -0.2) is 0 Å². The molecule has 2 rings (SSSR count). The third kappa shape index (κ3) is 3.00. The molecule has 0 unspecified atom stereocenters. The van der Waals surface area contributed by atoms with Gasteiger partial charge in [-0.3, -0.25) is 19.9 Å². The Labute approximate surface area is 123 Å². The number of nitrogens with one attached hydrogen (secondary N) is 1. The molecule has 0 saturated carbocycles. The molecule has 0 spiro atoms. The summed E-state index contributed by atoms with van der Waals surface area (Å²) in [7, 11) is 0. The average molecular weight is 336 g/mol. The molecule has 0 aliphatic carbocycles. The first-order valence-electron chi connectivity index (χ1n) is 5.65. The van der Waals surface area contributed by atoms with E-state index in [0.717, 1.165) is 5.56 Å². The summed E-state index contributed by atoms with van der Waals surface area (Å²) in [4.78, 5) is 26.5. The highest BCUT2D eigenvalue weighted by Gasteiger charge is 2.20. The average Bonchev–Trinajstić information content (AvgIpc) is 2.40. The van der Waals surface area contributed by atoms with E-state index in [-0.39, 0.29) is 11.3 Å². The molecule has 0 aliphatic rings. The van der Waals surface area contributed by atoms with Crippen LogP contribution in [-0.2, 0) is 0 Å². The number of hydrogen-bond acceptors (Lipinski definition) is 4. The number of carbonyl (C=O) groups is 1. The van der Waals surface area contributed by atoms with Gasteiger partial charge in [0.2, 0.25) is 0 Å². The van der Waals surface area contributed by atoms with Gasteiger partial charge >= 0.3 is 0 Å². The first kappa shape index (κ1) is 14.1. The lowest BCUT2D eigenvalue weighted by molar-refractivity contribution is -0.385. The second-order valence-electron chi connectivity index (χ2n) is 4.09. The second kappa shape index (κ2) is 5.79. The predicted molar refractivity (Wildman–Crippen MR) is 77.7 cm³/mol. The third-order valence-electron chi connectivity index (χ3n) is 2.61. The summed E-state index contributed by atoms with van der Waals surface area (Å²) in [6, 6.07) is 6.01. The first-order valence-corrected chi connectivity index (χ1v) is 6.44. The monoisotopic (exact) mass is 335 g/mol.